The average Bonchev–Trinajstić information content (AvgIpc) is 2.98. The number of carbonyl (C=O) groups excluding carboxylic acids is 3. The summed E-state index contributed by atoms with van der Waals surface area (Å²) >= 11 is 4.03. The van der Waals surface area contributed by atoms with E-state index in [9.17, 15) is 27.6 Å². The molecule has 2 saturated heterocycles. The Morgan fingerprint density at radius 3 is 2.38 bits per heavy atom. The van der Waals surface area contributed by atoms with Gasteiger partial charge in [-0.2, -0.15) is 13.2 Å². The van der Waals surface area contributed by atoms with Crippen LogP contribution in [0.4, 0.5) is 29.3 Å². The highest BCUT2D eigenvalue weighted by atomic mass is 32.1. The Kier molecular flexibility index (Phi) is 7.52. The molecule has 0 bridgehead atoms. The summed E-state index contributed by atoms with van der Waals surface area (Å²) in [5.41, 5.74) is -2.33. The van der Waals surface area contributed by atoms with E-state index in [1.54, 1.807) is 38.4 Å². The van der Waals surface area contributed by atoms with Crippen LogP contribution in [0.2, 0.25) is 0 Å². The van der Waals surface area contributed by atoms with E-state index in [0.29, 0.717) is 13.1 Å². The van der Waals surface area contributed by atoms with Crippen molar-refractivity contribution in [2.75, 3.05) is 29.9 Å². The number of alkyl halides is 3. The summed E-state index contributed by atoms with van der Waals surface area (Å²) < 4.78 is 41.8. The molecule has 2 fully saturated rings. The van der Waals surface area contributed by atoms with Gasteiger partial charge < -0.3 is 10.2 Å². The van der Waals surface area contributed by atoms with Crippen molar-refractivity contribution < 1.29 is 27.6 Å². The Morgan fingerprint density at radius 2 is 1.76 bits per heavy atom. The van der Waals surface area contributed by atoms with Crippen LogP contribution in [0, 0.1) is 0 Å². The molecule has 4 rings (SSSR count). The number of imide groups is 1. The third kappa shape index (κ3) is 5.59. The molecule has 0 spiro atoms. The predicted molar refractivity (Wildman–Crippen MR) is 134 cm³/mol. The second-order valence-electron chi connectivity index (χ2n) is 9.69. The van der Waals surface area contributed by atoms with Crippen LogP contribution in [-0.2, 0) is 22.3 Å². The van der Waals surface area contributed by atoms with E-state index in [1.165, 1.54) is 4.90 Å². The monoisotopic (exact) mass is 535 g/mol. The van der Waals surface area contributed by atoms with Gasteiger partial charge in [0.25, 0.3) is 5.91 Å². The van der Waals surface area contributed by atoms with Crippen molar-refractivity contribution in [1.29, 1.82) is 0 Å². The predicted octanol–water partition coefficient (Wildman–Crippen LogP) is 4.56. The lowest BCUT2D eigenvalue weighted by Gasteiger charge is -2.27. The van der Waals surface area contributed by atoms with Crippen LogP contribution in [0.3, 0.4) is 0 Å². The van der Waals surface area contributed by atoms with Gasteiger partial charge in [0, 0.05) is 23.8 Å². The molecule has 8 nitrogen and oxygen atoms in total. The van der Waals surface area contributed by atoms with Gasteiger partial charge in [0.2, 0.25) is 5.91 Å². The van der Waals surface area contributed by atoms with Gasteiger partial charge in [-0.15, -0.1) is 12.6 Å². The van der Waals surface area contributed by atoms with Crippen LogP contribution in [-0.4, -0.2) is 57.8 Å². The molecule has 1 N–H and O–H groups in total. The number of nitrogens with zero attached hydrogens (tertiary/aromatic N) is 4. The lowest BCUT2D eigenvalue weighted by Crippen LogP contribution is -2.43. The van der Waals surface area contributed by atoms with Crippen molar-refractivity contribution in [2.45, 2.75) is 56.3 Å². The molecule has 0 saturated carbocycles. The Bertz CT molecular complexity index is 1200. The lowest BCUT2D eigenvalue weighted by atomic mass is 10.0. The summed E-state index contributed by atoms with van der Waals surface area (Å²) in [6.07, 6.45) is 1.18. The Hall–Kier alpha value is -3.12. The minimum Gasteiger partial charge on any atom is -0.324 e. The Balaban J connectivity index is 1.67. The van der Waals surface area contributed by atoms with Crippen LogP contribution >= 0.6 is 12.6 Å². The molecule has 37 heavy (non-hydrogen) atoms. The zero-order chi connectivity index (χ0) is 27.0. The zero-order valence-electron chi connectivity index (χ0n) is 20.5. The Morgan fingerprint density at radius 1 is 1.11 bits per heavy atom. The smallest absolute Gasteiger partial charge is 0.324 e. The van der Waals surface area contributed by atoms with Crippen molar-refractivity contribution in [2.24, 2.45) is 0 Å². The molecule has 0 atom stereocenters. The van der Waals surface area contributed by atoms with Gasteiger partial charge in [0.15, 0.2) is 0 Å². The summed E-state index contributed by atoms with van der Waals surface area (Å²) in [5.74, 6) is -1.22. The third-order valence-electron chi connectivity index (χ3n) is 6.65. The number of hydrogen-bond donors (Lipinski definition) is 2. The number of hydrogen-bond acceptors (Lipinski definition) is 6. The van der Waals surface area contributed by atoms with Crippen molar-refractivity contribution in [3.05, 3.63) is 47.8 Å². The summed E-state index contributed by atoms with van der Waals surface area (Å²) in [5, 5.41) is 2.35. The normalized spacial score (nSPS) is 18.4. The molecular weight excluding hydrogens is 507 g/mol. The Labute approximate surface area is 218 Å². The van der Waals surface area contributed by atoms with E-state index in [1.807, 2.05) is 4.90 Å². The van der Waals surface area contributed by atoms with E-state index in [0.717, 1.165) is 41.9 Å². The maximum absolute atomic E-state index is 13.9. The second-order valence-corrected chi connectivity index (χ2v) is 10.2. The number of carbonyl (C=O) groups is 3. The molecule has 4 amide bonds. The van der Waals surface area contributed by atoms with Crippen LogP contribution in [0.5, 0.6) is 0 Å². The van der Waals surface area contributed by atoms with Gasteiger partial charge in [-0.25, -0.2) is 9.69 Å². The third-order valence-corrected chi connectivity index (χ3v) is 7.00. The molecule has 0 unspecified atom stereocenters. The number of halogens is 3. The zero-order valence-corrected chi connectivity index (χ0v) is 21.4. The maximum Gasteiger partial charge on any atom is 0.419 e. The van der Waals surface area contributed by atoms with Gasteiger partial charge in [-0.3, -0.25) is 19.5 Å². The first-order chi connectivity index (χ1) is 17.4. The summed E-state index contributed by atoms with van der Waals surface area (Å²) in [7, 11) is 0. The van der Waals surface area contributed by atoms with Gasteiger partial charge in [0.1, 0.15) is 5.54 Å². The lowest BCUT2D eigenvalue weighted by molar-refractivity contribution is -0.139. The van der Waals surface area contributed by atoms with E-state index in [-0.39, 0.29) is 18.8 Å². The van der Waals surface area contributed by atoms with Crippen LogP contribution in [0.1, 0.15) is 44.2 Å². The minimum absolute atomic E-state index is 0.0578. The average molecular weight is 536 g/mol. The van der Waals surface area contributed by atoms with Crippen LogP contribution in [0.15, 0.2) is 41.6 Å². The van der Waals surface area contributed by atoms with Crippen LogP contribution in [0.25, 0.3) is 0 Å². The second kappa shape index (κ2) is 10.3. The number of piperidine rings is 1. The number of benzene rings is 1. The minimum atomic E-state index is -4.82. The summed E-state index contributed by atoms with van der Waals surface area (Å²) in [4.78, 5) is 46.9. The molecule has 12 heteroatoms. The molecular formula is C25H28F3N5O3S. The van der Waals surface area contributed by atoms with E-state index >= 15 is 0 Å². The standard InChI is InChI=1S/C25H28F3N5O3S/c1-24(2)22(35)33(23(36)32(24)14-16-6-8-29-9-7-16)17-12-18(21(19(37)13-17)25(26,27)28)30-20(34)15-31-10-4-3-5-11-31/h6-9,12-13,37H,3-5,10-11,14-15H2,1-2H3,(H,30,34). The molecule has 2 aliphatic heterocycles. The summed E-state index contributed by atoms with van der Waals surface area (Å²) in [6.45, 7) is 4.57. The molecule has 3 heterocycles. The number of anilines is 2. The quantitative estimate of drug-likeness (QED) is 0.419. The van der Waals surface area contributed by atoms with Crippen molar-refractivity contribution in [3.8, 4) is 0 Å². The SMILES string of the molecule is CC1(C)C(=O)N(c2cc(S)c(C(F)(F)F)c(NC(=O)CN3CCCCC3)c2)C(=O)N1Cc1ccncc1. The number of amides is 4. The number of nitrogens with one attached hydrogen (secondary N) is 1. The number of likely N-dealkylation sites (tertiary alicyclic amines) is 1. The summed E-state index contributed by atoms with van der Waals surface area (Å²) in [6, 6.07) is 4.75. The molecule has 0 radical (unpaired) electrons. The largest absolute Gasteiger partial charge is 0.419 e. The van der Waals surface area contributed by atoms with Gasteiger partial charge in [-0.05, 0) is 69.6 Å². The molecule has 0 aliphatic carbocycles. The van der Waals surface area contributed by atoms with Crippen molar-refractivity contribution in [1.82, 2.24) is 14.8 Å². The van der Waals surface area contributed by atoms with Gasteiger partial charge in [-0.1, -0.05) is 6.42 Å². The first kappa shape index (κ1) is 26.9. The molecule has 1 aromatic carbocycles. The molecule has 198 valence electrons. The van der Waals surface area contributed by atoms with Crippen molar-refractivity contribution >= 4 is 41.8 Å². The first-order valence-corrected chi connectivity index (χ1v) is 12.4. The first-order valence-electron chi connectivity index (χ1n) is 11.9. The maximum atomic E-state index is 13.9. The topological polar surface area (TPSA) is 85.8 Å². The van der Waals surface area contributed by atoms with E-state index in [4.69, 9.17) is 0 Å². The molecule has 2 aliphatic rings. The van der Waals surface area contributed by atoms with Gasteiger partial charge >= 0.3 is 12.2 Å². The molecule has 1 aromatic heterocycles. The molecule has 2 aromatic rings. The number of pyridine rings is 1. The number of thiol groups is 1. The number of urea groups is 1. The fraction of sp³-hybridized carbons (Fsp3) is 0.440. The highest BCUT2D eigenvalue weighted by molar-refractivity contribution is 7.80. The highest BCUT2D eigenvalue weighted by Gasteiger charge is 2.52. The van der Waals surface area contributed by atoms with Gasteiger partial charge in [0.05, 0.1) is 23.5 Å². The fourth-order valence-corrected chi connectivity index (χ4v) is 5.03. The number of rotatable bonds is 6. The van der Waals surface area contributed by atoms with E-state index in [2.05, 4.69) is 22.9 Å². The van der Waals surface area contributed by atoms with E-state index < -0.39 is 45.7 Å². The van der Waals surface area contributed by atoms with Crippen LogP contribution < -0.4 is 10.2 Å². The highest BCUT2D eigenvalue weighted by Crippen LogP contribution is 2.43. The number of aromatic nitrogens is 1. The van der Waals surface area contributed by atoms with Crippen molar-refractivity contribution in [3.63, 3.8) is 0 Å². The fourth-order valence-electron chi connectivity index (χ4n) is 4.65.